The van der Waals surface area contributed by atoms with Gasteiger partial charge in [-0.1, -0.05) is 0 Å². The van der Waals surface area contributed by atoms with Gasteiger partial charge in [-0.15, -0.1) is 0 Å². The second-order valence-corrected chi connectivity index (χ2v) is 5.91. The van der Waals surface area contributed by atoms with Crippen LogP contribution >= 0.6 is 0 Å². The highest BCUT2D eigenvalue weighted by Gasteiger charge is 2.24. The van der Waals surface area contributed by atoms with E-state index < -0.39 is 0 Å². The Kier molecular flexibility index (Phi) is 3.35. The van der Waals surface area contributed by atoms with Gasteiger partial charge in [0, 0.05) is 10.9 Å². The van der Waals surface area contributed by atoms with E-state index in [4.69, 9.17) is 4.74 Å². The van der Waals surface area contributed by atoms with Crippen molar-refractivity contribution < 1.29 is 4.74 Å². The van der Waals surface area contributed by atoms with Gasteiger partial charge >= 0.3 is 0 Å². The van der Waals surface area contributed by atoms with Crippen LogP contribution in [0, 0.1) is 0 Å². The average molecular weight is 209 g/mol. The molecule has 1 heterocycles. The topological polar surface area (TPSA) is 9.23 Å². The lowest BCUT2D eigenvalue weighted by Gasteiger charge is -2.13. The Labute approximate surface area is 88.8 Å². The molecule has 0 aromatic heterocycles. The van der Waals surface area contributed by atoms with E-state index in [2.05, 4.69) is 24.3 Å². The highest BCUT2D eigenvalue weighted by atomic mass is 32.2. The number of benzene rings is 1. The maximum absolute atomic E-state index is 5.16. The first kappa shape index (κ1) is 9.91. The Hall–Kier alpha value is -0.630. The molecular weight excluding hydrogens is 192 g/mol. The first-order valence-electron chi connectivity index (χ1n) is 5.22. The lowest BCUT2D eigenvalue weighted by molar-refractivity contribution is 0.414. The molecule has 1 aromatic carbocycles. The summed E-state index contributed by atoms with van der Waals surface area (Å²) in [5.74, 6) is 3.76. The maximum atomic E-state index is 5.16. The van der Waals surface area contributed by atoms with Gasteiger partial charge in [-0.2, -0.15) is 0 Å². The highest BCUT2D eigenvalue weighted by molar-refractivity contribution is 7.96. The van der Waals surface area contributed by atoms with E-state index in [0.29, 0.717) is 10.9 Å². The molecule has 1 nitrogen and oxygen atoms in total. The van der Waals surface area contributed by atoms with E-state index in [1.807, 2.05) is 0 Å². The third-order valence-corrected chi connectivity index (χ3v) is 5.18. The van der Waals surface area contributed by atoms with Crippen molar-refractivity contribution in [1.82, 2.24) is 0 Å². The lowest BCUT2D eigenvalue weighted by Crippen LogP contribution is -2.17. The molecule has 0 unspecified atom stereocenters. The van der Waals surface area contributed by atoms with Crippen LogP contribution in [0.25, 0.3) is 0 Å². The van der Waals surface area contributed by atoms with Gasteiger partial charge in [0.25, 0.3) is 0 Å². The molecule has 1 aliphatic heterocycles. The summed E-state index contributed by atoms with van der Waals surface area (Å²) >= 11 is 0. The van der Waals surface area contributed by atoms with Gasteiger partial charge in [-0.3, -0.25) is 0 Å². The van der Waals surface area contributed by atoms with Crippen LogP contribution in [0.4, 0.5) is 0 Å². The molecule has 0 N–H and O–H groups in total. The van der Waals surface area contributed by atoms with Gasteiger partial charge in [0.2, 0.25) is 0 Å². The summed E-state index contributed by atoms with van der Waals surface area (Å²) in [7, 11) is 2.25. The van der Waals surface area contributed by atoms with E-state index >= 15 is 0 Å². The largest absolute Gasteiger partial charge is 0.497 e. The number of methoxy groups -OCH3 is 1. The van der Waals surface area contributed by atoms with Gasteiger partial charge in [0.15, 0.2) is 4.90 Å². The molecule has 0 aliphatic carbocycles. The fourth-order valence-electron chi connectivity index (χ4n) is 1.84. The quantitative estimate of drug-likeness (QED) is 0.681. The van der Waals surface area contributed by atoms with Crippen LogP contribution in [0.15, 0.2) is 29.2 Å². The van der Waals surface area contributed by atoms with Crippen LogP contribution in [-0.2, 0) is 10.9 Å². The van der Waals surface area contributed by atoms with Crippen LogP contribution in [-0.4, -0.2) is 18.6 Å². The van der Waals surface area contributed by atoms with Crippen molar-refractivity contribution in [1.29, 1.82) is 0 Å². The first-order valence-corrected chi connectivity index (χ1v) is 6.78. The van der Waals surface area contributed by atoms with Crippen LogP contribution < -0.4 is 4.74 Å². The van der Waals surface area contributed by atoms with Gasteiger partial charge in [0.05, 0.1) is 7.11 Å². The Balaban J connectivity index is 2.07. The molecule has 76 valence electrons. The summed E-state index contributed by atoms with van der Waals surface area (Å²) in [6.45, 7) is 0. The third-order valence-electron chi connectivity index (χ3n) is 2.67. The third kappa shape index (κ3) is 2.24. The SMILES string of the molecule is COc1ccc([S+]2CCCCC2)cc1. The molecule has 0 saturated carbocycles. The van der Waals surface area contributed by atoms with Crippen molar-refractivity contribution in [2.45, 2.75) is 24.2 Å². The Morgan fingerprint density at radius 1 is 1.00 bits per heavy atom. The lowest BCUT2D eigenvalue weighted by atomic mass is 10.3. The predicted octanol–water partition coefficient (Wildman–Crippen LogP) is 2.86. The maximum Gasteiger partial charge on any atom is 0.155 e. The Morgan fingerprint density at radius 2 is 1.64 bits per heavy atom. The summed E-state index contributed by atoms with van der Waals surface area (Å²) in [6.07, 6.45) is 4.25. The average Bonchev–Trinajstić information content (AvgIpc) is 2.30. The molecule has 0 amide bonds. The van der Waals surface area contributed by atoms with Gasteiger partial charge < -0.3 is 4.74 Å². The van der Waals surface area contributed by atoms with Crippen molar-refractivity contribution in [2.75, 3.05) is 18.6 Å². The fraction of sp³-hybridized carbons (Fsp3) is 0.500. The van der Waals surface area contributed by atoms with Crippen LogP contribution in [0.3, 0.4) is 0 Å². The summed E-state index contributed by atoms with van der Waals surface area (Å²) < 4.78 is 5.16. The minimum atomic E-state index is 0.526. The second kappa shape index (κ2) is 4.74. The van der Waals surface area contributed by atoms with Crippen molar-refractivity contribution >= 4 is 10.9 Å². The first-order chi connectivity index (χ1) is 6.90. The molecule has 0 bridgehead atoms. The zero-order valence-corrected chi connectivity index (χ0v) is 9.48. The Morgan fingerprint density at radius 3 is 2.21 bits per heavy atom. The summed E-state index contributed by atoms with van der Waals surface area (Å²) in [5, 5.41) is 0. The van der Waals surface area contributed by atoms with Crippen molar-refractivity contribution in [3.05, 3.63) is 24.3 Å². The minimum Gasteiger partial charge on any atom is -0.497 e. The number of ether oxygens (including phenoxy) is 1. The van der Waals surface area contributed by atoms with Crippen LogP contribution in [0.1, 0.15) is 19.3 Å². The zero-order chi connectivity index (χ0) is 9.80. The van der Waals surface area contributed by atoms with Gasteiger partial charge in [-0.25, -0.2) is 0 Å². The molecule has 14 heavy (non-hydrogen) atoms. The summed E-state index contributed by atoms with van der Waals surface area (Å²) in [4.78, 5) is 1.52. The van der Waals surface area contributed by atoms with Gasteiger partial charge in [-0.05, 0) is 43.5 Å². The fourth-order valence-corrected chi connectivity index (χ4v) is 4.14. The monoisotopic (exact) mass is 209 g/mol. The standard InChI is InChI=1S/C12H17OS/c1-13-11-5-7-12(8-6-11)14-9-3-2-4-10-14/h5-8H,2-4,9-10H2,1H3/q+1. The molecule has 0 radical (unpaired) electrons. The summed E-state index contributed by atoms with van der Waals surface area (Å²) in [5.41, 5.74) is 0. The minimum absolute atomic E-state index is 0.526. The van der Waals surface area contributed by atoms with E-state index in [-0.39, 0.29) is 0 Å². The molecule has 0 atom stereocenters. The van der Waals surface area contributed by atoms with Crippen LogP contribution in [0.5, 0.6) is 5.75 Å². The number of hydrogen-bond acceptors (Lipinski definition) is 1. The molecule has 0 spiro atoms. The van der Waals surface area contributed by atoms with Crippen molar-refractivity contribution in [3.63, 3.8) is 0 Å². The summed E-state index contributed by atoms with van der Waals surface area (Å²) in [6, 6.07) is 8.62. The van der Waals surface area contributed by atoms with Crippen molar-refractivity contribution in [2.24, 2.45) is 0 Å². The Bertz CT molecular complexity index is 275. The molecule has 1 fully saturated rings. The smallest absolute Gasteiger partial charge is 0.155 e. The normalized spacial score (nSPS) is 18.1. The molecule has 1 aliphatic rings. The number of hydrogen-bond donors (Lipinski definition) is 0. The predicted molar refractivity (Wildman–Crippen MR) is 62.2 cm³/mol. The number of rotatable bonds is 2. The van der Waals surface area contributed by atoms with E-state index in [0.717, 1.165) is 5.75 Å². The molecule has 2 rings (SSSR count). The molecule has 1 saturated heterocycles. The van der Waals surface area contributed by atoms with E-state index in [9.17, 15) is 0 Å². The highest BCUT2D eigenvalue weighted by Crippen LogP contribution is 2.23. The molecule has 1 aromatic rings. The van der Waals surface area contributed by atoms with Gasteiger partial charge in [0.1, 0.15) is 17.3 Å². The molecular formula is C12H17OS+. The van der Waals surface area contributed by atoms with Crippen LogP contribution in [0.2, 0.25) is 0 Å². The van der Waals surface area contributed by atoms with E-state index in [1.165, 1.54) is 35.7 Å². The molecule has 2 heteroatoms. The van der Waals surface area contributed by atoms with Crippen molar-refractivity contribution in [3.8, 4) is 5.75 Å². The second-order valence-electron chi connectivity index (χ2n) is 3.64. The van der Waals surface area contributed by atoms with E-state index in [1.54, 1.807) is 7.11 Å². The zero-order valence-electron chi connectivity index (χ0n) is 8.66.